The number of hydrogen-bond acceptors (Lipinski definition) is 5. The fourth-order valence-corrected chi connectivity index (χ4v) is 4.42. The molecule has 0 aliphatic carbocycles. The predicted molar refractivity (Wildman–Crippen MR) is 122 cm³/mol. The molecule has 0 aromatic heterocycles. The average molecular weight is 461 g/mol. The van der Waals surface area contributed by atoms with Crippen LogP contribution in [0.15, 0.2) is 36.4 Å². The minimum absolute atomic E-state index is 0.145. The highest BCUT2D eigenvalue weighted by Gasteiger charge is 2.41. The number of carboxylic acid groups (broad SMARTS) is 1. The molecule has 3 rings (SSSR count). The molecule has 1 aliphatic rings. The highest BCUT2D eigenvalue weighted by atomic mass is 35.5. The van der Waals surface area contributed by atoms with E-state index in [9.17, 15) is 14.4 Å². The van der Waals surface area contributed by atoms with E-state index in [0.29, 0.717) is 24.3 Å². The molecule has 1 saturated heterocycles. The molecule has 1 unspecified atom stereocenters. The van der Waals surface area contributed by atoms with Crippen LogP contribution >= 0.6 is 11.6 Å². The maximum atomic E-state index is 13.1. The van der Waals surface area contributed by atoms with E-state index in [0.717, 1.165) is 29.2 Å². The van der Waals surface area contributed by atoms with Crippen molar-refractivity contribution in [3.63, 3.8) is 0 Å². The molecule has 3 atom stereocenters. The predicted octanol–water partition coefficient (Wildman–Crippen LogP) is 3.62. The molecule has 1 heterocycles. The van der Waals surface area contributed by atoms with Crippen molar-refractivity contribution in [1.29, 1.82) is 0 Å². The molecule has 2 aromatic rings. The molecule has 0 radical (unpaired) electrons. The molecule has 7 nitrogen and oxygen atoms in total. The number of carboxylic acids is 1. The van der Waals surface area contributed by atoms with Gasteiger partial charge in [-0.15, -0.1) is 0 Å². The molecule has 172 valence electrons. The van der Waals surface area contributed by atoms with E-state index in [2.05, 4.69) is 10.6 Å². The van der Waals surface area contributed by atoms with E-state index >= 15 is 0 Å². The standard InChI is InChI=1S/C24H29ClN2O5/c1-15(2)22(23(31)26-16(14-28)13-21(29)30)27-24(11-5-6-12-32-24)19-9-10-20(25)18-8-4-3-7-17(18)19/h3-4,7-10,14-16,22,27H,5-6,11-13H2,1-2H3,(H,26,31)(H,29,30)/t16-,22-,24?/m0/s1. The Labute approximate surface area is 192 Å². The number of aldehydes is 1. The topological polar surface area (TPSA) is 105 Å². The summed E-state index contributed by atoms with van der Waals surface area (Å²) in [5, 5.41) is 17.5. The molecule has 32 heavy (non-hydrogen) atoms. The van der Waals surface area contributed by atoms with E-state index in [4.69, 9.17) is 21.4 Å². The van der Waals surface area contributed by atoms with Gasteiger partial charge >= 0.3 is 5.97 Å². The number of ether oxygens (including phenoxy) is 1. The van der Waals surface area contributed by atoms with Gasteiger partial charge in [-0.1, -0.05) is 55.8 Å². The fraction of sp³-hybridized carbons (Fsp3) is 0.458. The van der Waals surface area contributed by atoms with Gasteiger partial charge < -0.3 is 20.0 Å². The lowest BCUT2D eigenvalue weighted by Gasteiger charge is -2.42. The Kier molecular flexibility index (Phi) is 7.87. The second kappa shape index (κ2) is 10.4. The van der Waals surface area contributed by atoms with Crippen LogP contribution in [0.25, 0.3) is 10.8 Å². The Morgan fingerprint density at radius 3 is 2.50 bits per heavy atom. The molecule has 2 aromatic carbocycles. The van der Waals surface area contributed by atoms with Gasteiger partial charge in [-0.3, -0.25) is 14.9 Å². The average Bonchev–Trinajstić information content (AvgIpc) is 2.77. The molecular formula is C24H29ClN2O5. The monoisotopic (exact) mass is 460 g/mol. The van der Waals surface area contributed by atoms with Gasteiger partial charge in [0, 0.05) is 22.6 Å². The molecule has 0 spiro atoms. The van der Waals surface area contributed by atoms with Crippen LogP contribution in [0.1, 0.15) is 45.1 Å². The lowest BCUT2D eigenvalue weighted by molar-refractivity contribution is -0.141. The molecule has 0 saturated carbocycles. The van der Waals surface area contributed by atoms with Crippen LogP contribution in [0.3, 0.4) is 0 Å². The summed E-state index contributed by atoms with van der Waals surface area (Å²) in [7, 11) is 0. The lowest BCUT2D eigenvalue weighted by Crippen LogP contribution is -2.59. The van der Waals surface area contributed by atoms with Gasteiger partial charge in [-0.05, 0) is 36.6 Å². The number of hydrogen-bond donors (Lipinski definition) is 3. The third kappa shape index (κ3) is 5.28. The smallest absolute Gasteiger partial charge is 0.305 e. The van der Waals surface area contributed by atoms with Crippen LogP contribution in [0.2, 0.25) is 5.02 Å². The Morgan fingerprint density at radius 2 is 1.91 bits per heavy atom. The van der Waals surface area contributed by atoms with Gasteiger partial charge in [0.15, 0.2) is 0 Å². The Balaban J connectivity index is 1.98. The third-order valence-corrected chi connectivity index (χ3v) is 6.13. The highest BCUT2D eigenvalue weighted by molar-refractivity contribution is 6.35. The summed E-state index contributed by atoms with van der Waals surface area (Å²) >= 11 is 6.43. The summed E-state index contributed by atoms with van der Waals surface area (Å²) in [4.78, 5) is 35.4. The van der Waals surface area contributed by atoms with Crippen molar-refractivity contribution >= 4 is 40.5 Å². The van der Waals surface area contributed by atoms with Crippen molar-refractivity contribution < 1.29 is 24.2 Å². The summed E-state index contributed by atoms with van der Waals surface area (Å²) in [6.07, 6.45) is 2.46. The zero-order chi connectivity index (χ0) is 23.3. The maximum absolute atomic E-state index is 13.1. The number of amides is 1. The molecule has 0 bridgehead atoms. The Hall–Kier alpha value is -2.48. The number of nitrogens with one attached hydrogen (secondary N) is 2. The first-order valence-electron chi connectivity index (χ1n) is 10.8. The number of benzene rings is 2. The van der Waals surface area contributed by atoms with Crippen LogP contribution in [-0.2, 0) is 24.8 Å². The van der Waals surface area contributed by atoms with Crippen LogP contribution in [-0.4, -0.2) is 42.0 Å². The Bertz CT molecular complexity index is 988. The zero-order valence-corrected chi connectivity index (χ0v) is 19.0. The third-order valence-electron chi connectivity index (χ3n) is 5.80. The quantitative estimate of drug-likeness (QED) is 0.494. The number of carbonyl (C=O) groups excluding carboxylic acids is 2. The number of fused-ring (bicyclic) bond motifs is 1. The van der Waals surface area contributed by atoms with Gasteiger partial charge in [0.2, 0.25) is 5.91 Å². The molecule has 1 fully saturated rings. The summed E-state index contributed by atoms with van der Waals surface area (Å²) in [5.74, 6) is -1.74. The van der Waals surface area contributed by atoms with E-state index in [1.54, 1.807) is 0 Å². The molecule has 1 amide bonds. The van der Waals surface area contributed by atoms with Gasteiger partial charge in [-0.25, -0.2) is 0 Å². The van der Waals surface area contributed by atoms with Gasteiger partial charge in [-0.2, -0.15) is 0 Å². The first-order valence-corrected chi connectivity index (χ1v) is 11.2. The summed E-state index contributed by atoms with van der Waals surface area (Å²) in [6.45, 7) is 4.31. The normalized spacial score (nSPS) is 20.6. The zero-order valence-electron chi connectivity index (χ0n) is 18.3. The number of rotatable bonds is 9. The second-order valence-electron chi connectivity index (χ2n) is 8.49. The van der Waals surface area contributed by atoms with E-state index in [-0.39, 0.29) is 5.92 Å². The van der Waals surface area contributed by atoms with Crippen molar-refractivity contribution in [3.05, 3.63) is 47.0 Å². The van der Waals surface area contributed by atoms with Crippen molar-refractivity contribution in [2.24, 2.45) is 5.92 Å². The second-order valence-corrected chi connectivity index (χ2v) is 8.90. The molecule has 8 heteroatoms. The summed E-state index contributed by atoms with van der Waals surface area (Å²) in [5.41, 5.74) is -0.0220. The van der Waals surface area contributed by atoms with Crippen molar-refractivity contribution in [1.82, 2.24) is 10.6 Å². The van der Waals surface area contributed by atoms with E-state index < -0.39 is 36.1 Å². The summed E-state index contributed by atoms with van der Waals surface area (Å²) < 4.78 is 6.33. The van der Waals surface area contributed by atoms with Gasteiger partial charge in [0.25, 0.3) is 0 Å². The van der Waals surface area contributed by atoms with E-state index in [1.165, 1.54) is 0 Å². The summed E-state index contributed by atoms with van der Waals surface area (Å²) in [6, 6.07) is 9.75. The molecule has 1 aliphatic heterocycles. The molecular weight excluding hydrogens is 432 g/mol. The minimum Gasteiger partial charge on any atom is -0.481 e. The van der Waals surface area contributed by atoms with Crippen LogP contribution < -0.4 is 10.6 Å². The first kappa shape index (κ1) is 24.2. The van der Waals surface area contributed by atoms with Crippen LogP contribution in [0.4, 0.5) is 0 Å². The number of halogens is 1. The van der Waals surface area contributed by atoms with Crippen molar-refractivity contribution in [2.75, 3.05) is 6.61 Å². The molecule has 3 N–H and O–H groups in total. The Morgan fingerprint density at radius 1 is 1.19 bits per heavy atom. The number of carbonyl (C=O) groups is 3. The number of aliphatic carboxylic acids is 1. The van der Waals surface area contributed by atoms with Gasteiger partial charge in [0.05, 0.1) is 18.5 Å². The SMILES string of the molecule is CC(C)[C@H](NC1(c2ccc(Cl)c3ccccc23)CCCCO1)C(=O)N[C@H](C=O)CC(=O)O. The first-order chi connectivity index (χ1) is 15.3. The van der Waals surface area contributed by atoms with Crippen LogP contribution in [0.5, 0.6) is 0 Å². The van der Waals surface area contributed by atoms with Crippen molar-refractivity contribution in [3.8, 4) is 0 Å². The van der Waals surface area contributed by atoms with Crippen molar-refractivity contribution in [2.45, 2.75) is 57.3 Å². The minimum atomic E-state index is -1.16. The van der Waals surface area contributed by atoms with Gasteiger partial charge in [0.1, 0.15) is 12.0 Å². The largest absolute Gasteiger partial charge is 0.481 e. The highest BCUT2D eigenvalue weighted by Crippen LogP contribution is 2.39. The fourth-order valence-electron chi connectivity index (χ4n) is 4.19. The maximum Gasteiger partial charge on any atom is 0.305 e. The van der Waals surface area contributed by atoms with Crippen LogP contribution in [0, 0.1) is 5.92 Å². The lowest BCUT2D eigenvalue weighted by atomic mass is 9.88. The van der Waals surface area contributed by atoms with E-state index in [1.807, 2.05) is 50.2 Å².